The van der Waals surface area contributed by atoms with Gasteiger partial charge in [-0.3, -0.25) is 4.79 Å². The van der Waals surface area contributed by atoms with E-state index in [1.807, 2.05) is 0 Å². The fraction of sp³-hybridized carbons (Fsp3) is 0.320. The Morgan fingerprint density at radius 1 is 0.750 bits per heavy atom. The van der Waals surface area contributed by atoms with Gasteiger partial charge in [-0.05, 0) is 44.0 Å². The average Bonchev–Trinajstić information content (AvgIpc) is 2.87. The first-order valence-corrected chi connectivity index (χ1v) is 11.0. The van der Waals surface area contributed by atoms with Gasteiger partial charge >= 0.3 is 29.8 Å². The Bertz CT molecular complexity index is 980. The van der Waals surface area contributed by atoms with Gasteiger partial charge in [0.1, 0.15) is 0 Å². The lowest BCUT2D eigenvalue weighted by Gasteiger charge is -2.24. The van der Waals surface area contributed by atoms with Gasteiger partial charge in [-0.25, -0.2) is 19.2 Å². The van der Waals surface area contributed by atoms with Crippen molar-refractivity contribution in [2.75, 3.05) is 6.54 Å². The van der Waals surface area contributed by atoms with E-state index in [4.69, 9.17) is 14.6 Å². The van der Waals surface area contributed by atoms with Gasteiger partial charge in [-0.1, -0.05) is 36.4 Å². The van der Waals surface area contributed by atoms with Crippen LogP contribution in [-0.2, 0) is 23.9 Å². The molecule has 0 aliphatic carbocycles. The van der Waals surface area contributed by atoms with E-state index < -0.39 is 42.1 Å². The number of benzene rings is 2. The molecule has 0 aromatic heterocycles. The molecule has 1 heterocycles. The summed E-state index contributed by atoms with van der Waals surface area (Å²) in [7, 11) is 0. The van der Waals surface area contributed by atoms with Crippen molar-refractivity contribution in [2.45, 2.75) is 38.0 Å². The summed E-state index contributed by atoms with van der Waals surface area (Å²) < 4.78 is 9.52. The molecule has 36 heavy (non-hydrogen) atoms. The van der Waals surface area contributed by atoms with Gasteiger partial charge in [-0.15, -0.1) is 0 Å². The molecular weight excluding hydrogens is 474 g/mol. The highest BCUT2D eigenvalue weighted by atomic mass is 16.6. The molecule has 0 saturated carbocycles. The molecule has 4 N–H and O–H groups in total. The number of carboxylic acids is 3. The quantitative estimate of drug-likeness (QED) is 0.389. The predicted molar refractivity (Wildman–Crippen MR) is 124 cm³/mol. The van der Waals surface area contributed by atoms with E-state index in [0.29, 0.717) is 12.6 Å². The highest BCUT2D eigenvalue weighted by Crippen LogP contribution is 2.14. The van der Waals surface area contributed by atoms with E-state index in [1.165, 1.54) is 48.5 Å². The molecular formula is C25H27NO10. The summed E-state index contributed by atoms with van der Waals surface area (Å²) in [5.74, 6) is -6.46. The van der Waals surface area contributed by atoms with E-state index in [9.17, 15) is 34.2 Å². The molecule has 2 aromatic rings. The molecule has 0 spiro atoms. The number of piperidine rings is 1. The summed E-state index contributed by atoms with van der Waals surface area (Å²) >= 11 is 0. The van der Waals surface area contributed by atoms with Crippen molar-refractivity contribution < 1.29 is 48.8 Å². The first-order chi connectivity index (χ1) is 17.1. The zero-order chi connectivity index (χ0) is 26.7. The van der Waals surface area contributed by atoms with Crippen LogP contribution >= 0.6 is 0 Å². The van der Waals surface area contributed by atoms with Crippen molar-refractivity contribution in [3.63, 3.8) is 0 Å². The molecule has 2 aromatic carbocycles. The van der Waals surface area contributed by atoms with Crippen molar-refractivity contribution in [3.8, 4) is 0 Å². The van der Waals surface area contributed by atoms with E-state index in [0.717, 1.165) is 12.8 Å². The lowest BCUT2D eigenvalue weighted by atomic mass is 9.96. The number of esters is 2. The number of carbonyl (C=O) groups excluding carboxylic acids is 2. The lowest BCUT2D eigenvalue weighted by Crippen LogP contribution is -2.45. The number of hydrogen-bond acceptors (Lipinski definition) is 8. The van der Waals surface area contributed by atoms with Gasteiger partial charge in [0.25, 0.3) is 0 Å². The predicted octanol–water partition coefficient (Wildman–Crippen LogP) is 2.07. The third kappa shape index (κ3) is 8.51. The minimum Gasteiger partial charge on any atom is -0.481 e. The minimum atomic E-state index is -2.21. The smallest absolute Gasteiger partial charge is 0.349 e. The molecule has 1 fully saturated rings. The molecule has 1 aliphatic heterocycles. The van der Waals surface area contributed by atoms with Crippen molar-refractivity contribution in [3.05, 3.63) is 71.8 Å². The third-order valence-corrected chi connectivity index (χ3v) is 5.26. The fourth-order valence-electron chi connectivity index (χ4n) is 3.21. The number of carboxylic acid groups (broad SMARTS) is 3. The SMILES string of the molecule is CC1CCC(C(=O)O)CN1.O=C(O[C@H](C(=O)O)[C@H](OC(=O)c1ccccc1)C(=O)O)c1ccccc1. The molecule has 4 atom stereocenters. The second-order valence-corrected chi connectivity index (χ2v) is 7.98. The molecule has 0 bridgehead atoms. The van der Waals surface area contributed by atoms with Crippen LogP contribution in [0.1, 0.15) is 40.5 Å². The van der Waals surface area contributed by atoms with Crippen LogP contribution in [0.25, 0.3) is 0 Å². The summed E-state index contributed by atoms with van der Waals surface area (Å²) in [5, 5.41) is 30.2. The van der Waals surface area contributed by atoms with E-state index >= 15 is 0 Å². The van der Waals surface area contributed by atoms with Crippen LogP contribution in [0.4, 0.5) is 0 Å². The average molecular weight is 501 g/mol. The Hall–Kier alpha value is -4.25. The van der Waals surface area contributed by atoms with Crippen LogP contribution in [0.3, 0.4) is 0 Å². The zero-order valence-corrected chi connectivity index (χ0v) is 19.4. The maximum Gasteiger partial charge on any atom is 0.349 e. The van der Waals surface area contributed by atoms with Crippen LogP contribution in [0, 0.1) is 5.92 Å². The molecule has 3 rings (SSSR count). The summed E-state index contributed by atoms with van der Waals surface area (Å²) in [6.45, 7) is 2.72. The Morgan fingerprint density at radius 3 is 1.47 bits per heavy atom. The summed E-state index contributed by atoms with van der Waals surface area (Å²) in [5.41, 5.74) is 0.0505. The largest absolute Gasteiger partial charge is 0.481 e. The Labute approximate surface area is 206 Å². The maximum atomic E-state index is 12.0. The van der Waals surface area contributed by atoms with Crippen LogP contribution in [0.15, 0.2) is 60.7 Å². The minimum absolute atomic E-state index is 0.0253. The van der Waals surface area contributed by atoms with Gasteiger partial charge in [0.2, 0.25) is 12.2 Å². The normalized spacial score (nSPS) is 18.4. The van der Waals surface area contributed by atoms with Crippen molar-refractivity contribution in [1.29, 1.82) is 0 Å². The second-order valence-electron chi connectivity index (χ2n) is 7.98. The molecule has 1 aliphatic rings. The van der Waals surface area contributed by atoms with Gasteiger partial charge in [0, 0.05) is 12.6 Å². The van der Waals surface area contributed by atoms with E-state index in [-0.39, 0.29) is 17.0 Å². The van der Waals surface area contributed by atoms with Gasteiger partial charge in [-0.2, -0.15) is 0 Å². The summed E-state index contributed by atoms with van der Waals surface area (Å²) in [4.78, 5) is 57.3. The molecule has 2 unspecified atom stereocenters. The molecule has 0 amide bonds. The monoisotopic (exact) mass is 501 g/mol. The van der Waals surface area contributed by atoms with Crippen LogP contribution in [0.2, 0.25) is 0 Å². The second kappa shape index (κ2) is 13.6. The number of aliphatic carboxylic acids is 3. The van der Waals surface area contributed by atoms with Crippen molar-refractivity contribution in [2.24, 2.45) is 5.92 Å². The van der Waals surface area contributed by atoms with E-state index in [2.05, 4.69) is 12.2 Å². The Balaban J connectivity index is 0.000000380. The maximum absolute atomic E-state index is 12.0. The summed E-state index contributed by atoms with van der Waals surface area (Å²) in [6.07, 6.45) is -2.62. The van der Waals surface area contributed by atoms with Crippen LogP contribution < -0.4 is 5.32 Å². The van der Waals surface area contributed by atoms with Gasteiger partial charge in [0.05, 0.1) is 17.0 Å². The number of nitrogens with one attached hydrogen (secondary N) is 1. The lowest BCUT2D eigenvalue weighted by molar-refractivity contribution is -0.166. The van der Waals surface area contributed by atoms with Gasteiger partial charge in [0.15, 0.2) is 0 Å². The number of carbonyl (C=O) groups is 5. The number of hydrogen-bond donors (Lipinski definition) is 4. The van der Waals surface area contributed by atoms with E-state index in [1.54, 1.807) is 12.1 Å². The molecule has 11 heteroatoms. The topological polar surface area (TPSA) is 177 Å². The first kappa shape index (κ1) is 28.0. The van der Waals surface area contributed by atoms with Crippen LogP contribution in [-0.4, -0.2) is 70.0 Å². The third-order valence-electron chi connectivity index (χ3n) is 5.26. The summed E-state index contributed by atoms with van der Waals surface area (Å²) in [6, 6.07) is 15.3. The number of ether oxygens (including phenoxy) is 2. The van der Waals surface area contributed by atoms with Crippen molar-refractivity contribution >= 4 is 29.8 Å². The highest BCUT2D eigenvalue weighted by molar-refractivity contribution is 5.95. The van der Waals surface area contributed by atoms with Crippen LogP contribution in [0.5, 0.6) is 0 Å². The number of rotatable bonds is 8. The molecule has 11 nitrogen and oxygen atoms in total. The highest BCUT2D eigenvalue weighted by Gasteiger charge is 2.41. The standard InChI is InChI=1S/C18H14O8.C7H13NO2/c19-15(20)13(25-17(23)11-7-3-1-4-8-11)14(16(21)22)26-18(24)12-9-5-2-6-10-12;1-5-2-3-6(4-8-5)7(9)10/h1-10,13-14H,(H,19,20)(H,21,22);5-6,8H,2-4H2,1H3,(H,9,10)/t13-,14-;/m0./s1. The molecule has 0 radical (unpaired) electrons. The molecule has 1 saturated heterocycles. The Morgan fingerprint density at radius 2 is 1.17 bits per heavy atom. The zero-order valence-electron chi connectivity index (χ0n) is 19.4. The van der Waals surface area contributed by atoms with Gasteiger partial charge < -0.3 is 30.1 Å². The Kier molecular flexibility index (Phi) is 10.6. The van der Waals surface area contributed by atoms with Crippen molar-refractivity contribution in [1.82, 2.24) is 5.32 Å². The first-order valence-electron chi connectivity index (χ1n) is 11.0. The molecule has 192 valence electrons. The fourth-order valence-corrected chi connectivity index (χ4v) is 3.21.